The number of rotatable bonds is 8. The lowest BCUT2D eigenvalue weighted by molar-refractivity contribution is 0.419. The van der Waals surface area contributed by atoms with Crippen LogP contribution in [0.4, 0.5) is 0 Å². The molecule has 2 heterocycles. The van der Waals surface area contributed by atoms with Crippen molar-refractivity contribution in [2.24, 2.45) is 5.92 Å². The molecule has 156 valence electrons. The molecule has 0 fully saturated rings. The van der Waals surface area contributed by atoms with Gasteiger partial charge in [0.25, 0.3) is 10.2 Å². The summed E-state index contributed by atoms with van der Waals surface area (Å²) in [6, 6.07) is 10.5. The predicted octanol–water partition coefficient (Wildman–Crippen LogP) is 3.64. The Bertz CT molecular complexity index is 1070. The number of aromatic nitrogens is 2. The van der Waals surface area contributed by atoms with E-state index in [0.717, 1.165) is 17.7 Å². The summed E-state index contributed by atoms with van der Waals surface area (Å²) in [7, 11) is 1.34. The molecule has 29 heavy (non-hydrogen) atoms. The first-order chi connectivity index (χ1) is 13.7. The summed E-state index contributed by atoms with van der Waals surface area (Å²) in [5, 5.41) is 1.18. The zero-order valence-corrected chi connectivity index (χ0v) is 18.6. The largest absolute Gasteiger partial charge is 0.347 e. The lowest BCUT2D eigenvalue weighted by atomic mass is 10.0. The van der Waals surface area contributed by atoms with Crippen molar-refractivity contribution < 1.29 is 8.42 Å². The van der Waals surface area contributed by atoms with E-state index < -0.39 is 10.2 Å². The summed E-state index contributed by atoms with van der Waals surface area (Å²) in [5.41, 5.74) is 4.64. The molecule has 0 amide bonds. The lowest BCUT2D eigenvalue weighted by Gasteiger charge is -2.21. The Kier molecular flexibility index (Phi) is 6.41. The Morgan fingerprint density at radius 3 is 2.34 bits per heavy atom. The van der Waals surface area contributed by atoms with Crippen LogP contribution in [0.3, 0.4) is 0 Å². The van der Waals surface area contributed by atoms with Crippen molar-refractivity contribution >= 4 is 21.1 Å². The van der Waals surface area contributed by atoms with E-state index in [2.05, 4.69) is 47.8 Å². The van der Waals surface area contributed by atoms with E-state index in [-0.39, 0.29) is 0 Å². The minimum atomic E-state index is -3.40. The SMILES string of the molecule is CC(C)Cn1cc(CCN(C)S(=O)(=O)N(C)C)c2ccc(-c3ccncc3)cc21. The first kappa shape index (κ1) is 21.5. The Morgan fingerprint density at radius 2 is 1.72 bits per heavy atom. The number of hydrogen-bond acceptors (Lipinski definition) is 3. The van der Waals surface area contributed by atoms with Crippen LogP contribution in [0.25, 0.3) is 22.0 Å². The molecule has 6 nitrogen and oxygen atoms in total. The van der Waals surface area contributed by atoms with Crippen LogP contribution in [0, 0.1) is 5.92 Å². The molecular weight excluding hydrogens is 384 g/mol. The topological polar surface area (TPSA) is 58.4 Å². The highest BCUT2D eigenvalue weighted by Gasteiger charge is 2.21. The van der Waals surface area contributed by atoms with E-state index in [9.17, 15) is 8.42 Å². The zero-order valence-electron chi connectivity index (χ0n) is 17.8. The second-order valence-electron chi connectivity index (χ2n) is 8.03. The zero-order chi connectivity index (χ0) is 21.2. The van der Waals surface area contributed by atoms with Gasteiger partial charge < -0.3 is 4.57 Å². The highest BCUT2D eigenvalue weighted by Crippen LogP contribution is 2.29. The smallest absolute Gasteiger partial charge is 0.281 e. The van der Waals surface area contributed by atoms with Crippen LogP contribution >= 0.6 is 0 Å². The van der Waals surface area contributed by atoms with Gasteiger partial charge in [-0.05, 0) is 47.2 Å². The number of fused-ring (bicyclic) bond motifs is 1. The van der Waals surface area contributed by atoms with E-state index in [4.69, 9.17) is 0 Å². The number of hydrogen-bond donors (Lipinski definition) is 0. The van der Waals surface area contributed by atoms with Gasteiger partial charge >= 0.3 is 0 Å². The van der Waals surface area contributed by atoms with Gasteiger partial charge in [-0.2, -0.15) is 17.0 Å². The molecule has 0 aliphatic heterocycles. The van der Waals surface area contributed by atoms with Gasteiger partial charge in [-0.3, -0.25) is 4.98 Å². The van der Waals surface area contributed by atoms with Crippen molar-refractivity contribution in [2.75, 3.05) is 27.7 Å². The highest BCUT2D eigenvalue weighted by atomic mass is 32.2. The van der Waals surface area contributed by atoms with Crippen LogP contribution in [0.15, 0.2) is 48.9 Å². The van der Waals surface area contributed by atoms with E-state index in [1.807, 2.05) is 12.1 Å². The molecule has 0 bridgehead atoms. The van der Waals surface area contributed by atoms with Crippen molar-refractivity contribution in [2.45, 2.75) is 26.8 Å². The van der Waals surface area contributed by atoms with E-state index in [1.54, 1.807) is 33.5 Å². The van der Waals surface area contributed by atoms with Gasteiger partial charge in [-0.25, -0.2) is 0 Å². The molecule has 2 aromatic heterocycles. The predicted molar refractivity (Wildman–Crippen MR) is 119 cm³/mol. The third-order valence-corrected chi connectivity index (χ3v) is 6.98. The summed E-state index contributed by atoms with van der Waals surface area (Å²) in [4.78, 5) is 4.10. The summed E-state index contributed by atoms with van der Waals surface area (Å²) in [5.74, 6) is 0.514. The molecule has 0 aliphatic rings. The molecule has 0 saturated heterocycles. The lowest BCUT2D eigenvalue weighted by Crippen LogP contribution is -2.38. The molecule has 3 rings (SSSR count). The Morgan fingerprint density at radius 1 is 1.03 bits per heavy atom. The standard InChI is InChI=1S/C22H30N4O2S/c1-17(2)15-26-16-20(10-13-25(5)29(27,28)24(3)4)21-7-6-19(14-22(21)26)18-8-11-23-12-9-18/h6-9,11-12,14,16-17H,10,13,15H2,1-5H3. The van der Waals surface area contributed by atoms with Crippen molar-refractivity contribution in [1.29, 1.82) is 0 Å². The molecule has 0 aliphatic carbocycles. The maximum atomic E-state index is 12.3. The van der Waals surface area contributed by atoms with Crippen LogP contribution in [0.2, 0.25) is 0 Å². The Balaban J connectivity index is 1.96. The summed E-state index contributed by atoms with van der Waals surface area (Å²) >= 11 is 0. The van der Waals surface area contributed by atoms with Crippen LogP contribution in [-0.2, 0) is 23.2 Å². The maximum Gasteiger partial charge on any atom is 0.281 e. The first-order valence-electron chi connectivity index (χ1n) is 9.86. The highest BCUT2D eigenvalue weighted by molar-refractivity contribution is 7.86. The average molecular weight is 415 g/mol. The van der Waals surface area contributed by atoms with Crippen LogP contribution < -0.4 is 0 Å². The fraction of sp³-hybridized carbons (Fsp3) is 0.409. The van der Waals surface area contributed by atoms with Crippen molar-refractivity contribution in [3.05, 3.63) is 54.5 Å². The van der Waals surface area contributed by atoms with Crippen LogP contribution in [-0.4, -0.2) is 54.3 Å². The van der Waals surface area contributed by atoms with Gasteiger partial charge in [0.15, 0.2) is 0 Å². The molecule has 0 unspecified atom stereocenters. The quantitative estimate of drug-likeness (QED) is 0.565. The van der Waals surface area contributed by atoms with Crippen molar-refractivity contribution in [3.8, 4) is 11.1 Å². The van der Waals surface area contributed by atoms with Gasteiger partial charge in [0.2, 0.25) is 0 Å². The average Bonchev–Trinajstić information content (AvgIpc) is 3.02. The minimum Gasteiger partial charge on any atom is -0.347 e. The molecule has 7 heteroatoms. The molecule has 1 aromatic carbocycles. The second-order valence-corrected chi connectivity index (χ2v) is 10.3. The third-order valence-electron chi connectivity index (χ3n) is 5.09. The Hall–Kier alpha value is -2.22. The number of likely N-dealkylation sites (N-methyl/N-ethyl adjacent to an activating group) is 1. The summed E-state index contributed by atoms with van der Waals surface area (Å²) in [6.07, 6.45) is 6.45. The third kappa shape index (κ3) is 4.69. The molecule has 0 radical (unpaired) electrons. The van der Waals surface area contributed by atoms with Crippen molar-refractivity contribution in [3.63, 3.8) is 0 Å². The molecule has 3 aromatic rings. The molecule has 0 N–H and O–H groups in total. The monoisotopic (exact) mass is 414 g/mol. The van der Waals surface area contributed by atoms with E-state index >= 15 is 0 Å². The molecule has 0 spiro atoms. The molecule has 0 saturated carbocycles. The minimum absolute atomic E-state index is 0.438. The van der Waals surface area contributed by atoms with Crippen LogP contribution in [0.5, 0.6) is 0 Å². The van der Waals surface area contributed by atoms with Gasteiger partial charge in [0.1, 0.15) is 0 Å². The normalized spacial score (nSPS) is 12.6. The number of benzene rings is 1. The Labute approximate surface area is 174 Å². The molecule has 0 atom stereocenters. The van der Waals surface area contributed by atoms with Gasteiger partial charge in [0.05, 0.1) is 0 Å². The molecular formula is C22H30N4O2S. The van der Waals surface area contributed by atoms with Gasteiger partial charge in [-0.1, -0.05) is 26.0 Å². The van der Waals surface area contributed by atoms with Gasteiger partial charge in [-0.15, -0.1) is 0 Å². The summed E-state index contributed by atoms with van der Waals surface area (Å²) in [6.45, 7) is 5.76. The van der Waals surface area contributed by atoms with Crippen molar-refractivity contribution in [1.82, 2.24) is 18.2 Å². The van der Waals surface area contributed by atoms with Gasteiger partial charge in [0, 0.05) is 63.7 Å². The van der Waals surface area contributed by atoms with E-state index in [0.29, 0.717) is 18.9 Å². The van der Waals surface area contributed by atoms with E-state index in [1.165, 1.54) is 25.1 Å². The number of nitrogens with zero attached hydrogens (tertiary/aromatic N) is 4. The number of pyridine rings is 1. The first-order valence-corrected chi connectivity index (χ1v) is 11.3. The van der Waals surface area contributed by atoms with Crippen LogP contribution in [0.1, 0.15) is 19.4 Å². The fourth-order valence-electron chi connectivity index (χ4n) is 3.51. The fourth-order valence-corrected chi connectivity index (χ4v) is 4.39. The maximum absolute atomic E-state index is 12.3. The summed E-state index contributed by atoms with van der Waals surface area (Å²) < 4.78 is 29.6. The second kappa shape index (κ2) is 8.65.